The first kappa shape index (κ1) is 18.9. The Kier molecular flexibility index (Phi) is 5.39. The fourth-order valence-electron chi connectivity index (χ4n) is 3.32. The average molecular weight is 389 g/mol. The van der Waals surface area contributed by atoms with Gasteiger partial charge in [0.15, 0.2) is 5.78 Å². The van der Waals surface area contributed by atoms with Gasteiger partial charge in [-0.15, -0.1) is 0 Å². The van der Waals surface area contributed by atoms with E-state index in [4.69, 9.17) is 9.72 Å². The Morgan fingerprint density at radius 1 is 1.17 bits per heavy atom. The van der Waals surface area contributed by atoms with E-state index in [9.17, 15) is 4.79 Å². The van der Waals surface area contributed by atoms with Crippen LogP contribution in [0, 0.1) is 0 Å². The van der Waals surface area contributed by atoms with E-state index in [0.29, 0.717) is 24.7 Å². The van der Waals surface area contributed by atoms with Crippen LogP contribution in [-0.2, 0) is 4.74 Å². The fourth-order valence-corrected chi connectivity index (χ4v) is 3.32. The maximum absolute atomic E-state index is 11.8. The van der Waals surface area contributed by atoms with Gasteiger partial charge in [0.25, 0.3) is 0 Å². The molecule has 0 radical (unpaired) electrons. The van der Waals surface area contributed by atoms with Crippen LogP contribution in [0.3, 0.4) is 0 Å². The summed E-state index contributed by atoms with van der Waals surface area (Å²) in [5.41, 5.74) is 5.25. The summed E-state index contributed by atoms with van der Waals surface area (Å²) < 4.78 is 5.08. The summed E-state index contributed by atoms with van der Waals surface area (Å²) in [5, 5.41) is 10.1. The lowest BCUT2D eigenvalue weighted by Crippen LogP contribution is -2.26. The fraction of sp³-hybridized carbons (Fsp3) is 0.227. The molecule has 148 valence electrons. The minimum atomic E-state index is -0.270. The Morgan fingerprint density at radius 2 is 2.00 bits per heavy atom. The van der Waals surface area contributed by atoms with Gasteiger partial charge in [0.2, 0.25) is 5.95 Å². The number of fused-ring (bicyclic) bond motifs is 3. The number of benzene rings is 2. The van der Waals surface area contributed by atoms with Crippen molar-refractivity contribution in [2.75, 3.05) is 36.2 Å². The average Bonchev–Trinajstić information content (AvgIpc) is 2.74. The van der Waals surface area contributed by atoms with Gasteiger partial charge in [0.1, 0.15) is 6.17 Å². The van der Waals surface area contributed by atoms with Gasteiger partial charge in [0, 0.05) is 47.9 Å². The third kappa shape index (κ3) is 4.05. The molecule has 0 fully saturated rings. The van der Waals surface area contributed by atoms with Gasteiger partial charge < -0.3 is 20.7 Å². The van der Waals surface area contributed by atoms with Crippen molar-refractivity contribution >= 4 is 23.1 Å². The number of Topliss-reactive ketones (excluding diaryl/α,β-unsaturated/α-hetero) is 1. The number of methoxy groups -OCH3 is 1. The highest BCUT2D eigenvalue weighted by atomic mass is 16.5. The Balaban J connectivity index is 1.73. The van der Waals surface area contributed by atoms with Crippen molar-refractivity contribution in [3.8, 4) is 11.1 Å². The van der Waals surface area contributed by atoms with Crippen LogP contribution in [0.2, 0.25) is 0 Å². The SMILES string of the molecule is COCCNc1ncc2c(n1)C(Nc1ccccc1)Nc1cc(C(C)=O)ccc1-2. The molecule has 29 heavy (non-hydrogen) atoms. The number of nitrogens with zero attached hydrogens (tertiary/aromatic N) is 2. The molecule has 7 heteroatoms. The van der Waals surface area contributed by atoms with E-state index in [1.165, 1.54) is 0 Å². The van der Waals surface area contributed by atoms with Crippen LogP contribution in [0.5, 0.6) is 0 Å². The molecule has 0 bridgehead atoms. The molecule has 0 amide bonds. The third-order valence-corrected chi connectivity index (χ3v) is 4.78. The Hall–Kier alpha value is -3.45. The van der Waals surface area contributed by atoms with Crippen LogP contribution in [0.25, 0.3) is 11.1 Å². The maximum atomic E-state index is 11.8. The second-order valence-electron chi connectivity index (χ2n) is 6.82. The van der Waals surface area contributed by atoms with Crippen molar-refractivity contribution in [1.82, 2.24) is 9.97 Å². The van der Waals surface area contributed by atoms with E-state index >= 15 is 0 Å². The number of nitrogens with one attached hydrogen (secondary N) is 3. The Bertz CT molecular complexity index is 1020. The minimum absolute atomic E-state index is 0.0295. The van der Waals surface area contributed by atoms with E-state index in [0.717, 1.165) is 28.2 Å². The first-order chi connectivity index (χ1) is 14.2. The first-order valence-corrected chi connectivity index (χ1v) is 9.49. The van der Waals surface area contributed by atoms with Gasteiger partial charge >= 0.3 is 0 Å². The molecule has 3 aromatic rings. The van der Waals surface area contributed by atoms with Crippen molar-refractivity contribution in [1.29, 1.82) is 0 Å². The predicted molar refractivity (Wildman–Crippen MR) is 114 cm³/mol. The number of carbonyl (C=O) groups is 1. The zero-order valence-corrected chi connectivity index (χ0v) is 16.4. The maximum Gasteiger partial charge on any atom is 0.223 e. The quantitative estimate of drug-likeness (QED) is 0.417. The zero-order chi connectivity index (χ0) is 20.2. The molecule has 2 heterocycles. The van der Waals surface area contributed by atoms with Gasteiger partial charge in [0.05, 0.1) is 12.3 Å². The molecule has 1 atom stereocenters. The molecular formula is C22H23N5O2. The number of carbonyl (C=O) groups excluding carboxylic acids is 1. The van der Waals surface area contributed by atoms with Crippen LogP contribution in [0.1, 0.15) is 29.1 Å². The summed E-state index contributed by atoms with van der Waals surface area (Å²) in [6, 6.07) is 15.6. The van der Waals surface area contributed by atoms with Crippen molar-refractivity contribution in [2.24, 2.45) is 0 Å². The van der Waals surface area contributed by atoms with Crippen LogP contribution in [0.4, 0.5) is 17.3 Å². The number of ether oxygens (including phenoxy) is 1. The predicted octanol–water partition coefficient (Wildman–Crippen LogP) is 3.94. The standard InChI is InChI=1S/C22H23N5O2/c1-14(28)15-8-9-17-18-13-24-22(23-10-11-29-2)27-20(18)21(26-19(17)12-15)25-16-6-4-3-5-7-16/h3-9,12-13,21,25-26H,10-11H2,1-2H3,(H,23,24,27). The number of rotatable bonds is 7. The summed E-state index contributed by atoms with van der Waals surface area (Å²) in [6.45, 7) is 2.76. The van der Waals surface area contributed by atoms with Gasteiger partial charge in [-0.1, -0.05) is 30.3 Å². The highest BCUT2D eigenvalue weighted by Crippen LogP contribution is 2.40. The van der Waals surface area contributed by atoms with Crippen molar-refractivity contribution in [3.05, 3.63) is 66.0 Å². The number of ketones is 1. The highest BCUT2D eigenvalue weighted by molar-refractivity contribution is 5.97. The summed E-state index contributed by atoms with van der Waals surface area (Å²) in [6.07, 6.45) is 1.55. The van der Waals surface area contributed by atoms with Crippen LogP contribution in [-0.4, -0.2) is 36.0 Å². The topological polar surface area (TPSA) is 88.2 Å². The summed E-state index contributed by atoms with van der Waals surface area (Å²) in [5.74, 6) is 0.577. The molecule has 1 aliphatic rings. The zero-order valence-electron chi connectivity index (χ0n) is 16.4. The molecule has 3 N–H and O–H groups in total. The van der Waals surface area contributed by atoms with E-state index in [1.807, 2.05) is 54.7 Å². The van der Waals surface area contributed by atoms with E-state index in [-0.39, 0.29) is 11.9 Å². The molecule has 0 aliphatic carbocycles. The number of anilines is 3. The molecule has 2 aromatic carbocycles. The van der Waals surface area contributed by atoms with Crippen LogP contribution < -0.4 is 16.0 Å². The lowest BCUT2D eigenvalue weighted by Gasteiger charge is -2.30. The second-order valence-corrected chi connectivity index (χ2v) is 6.82. The molecule has 1 unspecified atom stereocenters. The molecule has 4 rings (SSSR count). The normalized spacial score (nSPS) is 14.3. The number of hydrogen-bond acceptors (Lipinski definition) is 7. The van der Waals surface area contributed by atoms with Gasteiger partial charge in [-0.2, -0.15) is 0 Å². The molecule has 1 aromatic heterocycles. The van der Waals surface area contributed by atoms with Crippen LogP contribution in [0.15, 0.2) is 54.7 Å². The lowest BCUT2D eigenvalue weighted by atomic mass is 9.95. The van der Waals surface area contributed by atoms with E-state index < -0.39 is 0 Å². The summed E-state index contributed by atoms with van der Waals surface area (Å²) in [4.78, 5) is 21.0. The molecule has 0 spiro atoms. The Morgan fingerprint density at radius 3 is 2.76 bits per heavy atom. The molecule has 0 saturated heterocycles. The highest BCUT2D eigenvalue weighted by Gasteiger charge is 2.27. The third-order valence-electron chi connectivity index (χ3n) is 4.78. The number of aromatic nitrogens is 2. The van der Waals surface area contributed by atoms with Crippen molar-refractivity contribution in [3.63, 3.8) is 0 Å². The minimum Gasteiger partial charge on any atom is -0.383 e. The van der Waals surface area contributed by atoms with Gasteiger partial charge in [-0.05, 0) is 25.1 Å². The molecule has 7 nitrogen and oxygen atoms in total. The summed E-state index contributed by atoms with van der Waals surface area (Å²) in [7, 11) is 1.66. The second kappa shape index (κ2) is 8.28. The summed E-state index contributed by atoms with van der Waals surface area (Å²) >= 11 is 0. The number of para-hydroxylation sites is 1. The molecule has 1 aliphatic heterocycles. The van der Waals surface area contributed by atoms with Crippen molar-refractivity contribution < 1.29 is 9.53 Å². The van der Waals surface area contributed by atoms with Crippen LogP contribution >= 0.6 is 0 Å². The lowest BCUT2D eigenvalue weighted by molar-refractivity contribution is 0.101. The van der Waals surface area contributed by atoms with E-state index in [1.54, 1.807) is 14.0 Å². The Labute approximate surface area is 169 Å². The molecular weight excluding hydrogens is 366 g/mol. The van der Waals surface area contributed by atoms with Crippen molar-refractivity contribution in [2.45, 2.75) is 13.1 Å². The smallest absolute Gasteiger partial charge is 0.223 e. The van der Waals surface area contributed by atoms with E-state index in [2.05, 4.69) is 20.9 Å². The number of hydrogen-bond donors (Lipinski definition) is 3. The van der Waals surface area contributed by atoms with Gasteiger partial charge in [-0.25, -0.2) is 9.97 Å². The molecule has 0 saturated carbocycles. The largest absolute Gasteiger partial charge is 0.383 e. The monoisotopic (exact) mass is 389 g/mol. The first-order valence-electron chi connectivity index (χ1n) is 9.49. The van der Waals surface area contributed by atoms with Gasteiger partial charge in [-0.3, -0.25) is 4.79 Å².